The van der Waals surface area contributed by atoms with Gasteiger partial charge in [-0.05, 0) is 24.6 Å². The van der Waals surface area contributed by atoms with Gasteiger partial charge in [-0.3, -0.25) is 10.1 Å². The predicted molar refractivity (Wildman–Crippen MR) is 61.0 cm³/mol. The molecule has 3 atom stereocenters. The van der Waals surface area contributed by atoms with Crippen molar-refractivity contribution in [2.45, 2.75) is 24.9 Å². The van der Waals surface area contributed by atoms with Crippen LogP contribution in [0.2, 0.25) is 0 Å². The third-order valence-electron chi connectivity index (χ3n) is 3.19. The summed E-state index contributed by atoms with van der Waals surface area (Å²) in [5.41, 5.74) is 0.947. The minimum Gasteiger partial charge on any atom is -0.373 e. The predicted octanol–water partition coefficient (Wildman–Crippen LogP) is 1.80. The maximum Gasteiger partial charge on any atom is 0.269 e. The van der Waals surface area contributed by atoms with Crippen molar-refractivity contribution in [1.82, 2.24) is 0 Å². The first kappa shape index (κ1) is 11.6. The molecule has 1 aromatic rings. The van der Waals surface area contributed by atoms with Crippen LogP contribution in [-0.4, -0.2) is 30.0 Å². The summed E-state index contributed by atoms with van der Waals surface area (Å²) in [5.74, 6) is -0.699. The Bertz CT molecular complexity index is 474. The Balaban J connectivity index is 1.85. The van der Waals surface area contributed by atoms with Gasteiger partial charge in [-0.25, -0.2) is 0 Å². The maximum absolute atomic E-state index is 10.6. The molecule has 0 N–H and O–H groups in total. The van der Waals surface area contributed by atoms with Crippen LogP contribution in [0.15, 0.2) is 24.3 Å². The van der Waals surface area contributed by atoms with Gasteiger partial charge in [0.05, 0.1) is 11.5 Å². The van der Waals surface area contributed by atoms with Gasteiger partial charge in [0.2, 0.25) is 0 Å². The van der Waals surface area contributed by atoms with E-state index in [1.54, 1.807) is 12.1 Å². The second-order valence-electron chi connectivity index (χ2n) is 4.69. The average Bonchev–Trinajstić information content (AvgIpc) is 2.59. The summed E-state index contributed by atoms with van der Waals surface area (Å²) in [6.45, 7) is 2.73. The van der Waals surface area contributed by atoms with Crippen LogP contribution in [-0.2, 0) is 14.2 Å². The van der Waals surface area contributed by atoms with Crippen LogP contribution < -0.4 is 0 Å². The highest BCUT2D eigenvalue weighted by Gasteiger charge is 2.48. The molecule has 0 saturated carbocycles. The molecule has 0 unspecified atom stereocenters. The van der Waals surface area contributed by atoms with Gasteiger partial charge < -0.3 is 14.2 Å². The van der Waals surface area contributed by atoms with Gasteiger partial charge in [-0.15, -0.1) is 0 Å². The Morgan fingerprint density at radius 2 is 2.06 bits per heavy atom. The van der Waals surface area contributed by atoms with E-state index in [1.165, 1.54) is 12.1 Å². The minimum absolute atomic E-state index is 0.0723. The number of nitro benzene ring substituents is 1. The SMILES string of the molecule is C[C@]12COC[C@H](O1)[C@H](c1ccc([N+](=O)[O-])cc1)O2. The number of hydrogen-bond acceptors (Lipinski definition) is 5. The highest BCUT2D eigenvalue weighted by molar-refractivity contribution is 5.34. The van der Waals surface area contributed by atoms with E-state index in [2.05, 4.69) is 0 Å². The number of ether oxygens (including phenoxy) is 3. The smallest absolute Gasteiger partial charge is 0.269 e. The Kier molecular flexibility index (Phi) is 2.58. The van der Waals surface area contributed by atoms with E-state index in [0.29, 0.717) is 13.2 Å². The monoisotopic (exact) mass is 251 g/mol. The molecule has 0 aromatic heterocycles. The van der Waals surface area contributed by atoms with Crippen molar-refractivity contribution in [1.29, 1.82) is 0 Å². The molecule has 2 aliphatic rings. The molecule has 0 radical (unpaired) electrons. The molecule has 2 fully saturated rings. The molecule has 0 aliphatic carbocycles. The zero-order valence-corrected chi connectivity index (χ0v) is 9.87. The second kappa shape index (κ2) is 4.01. The van der Waals surface area contributed by atoms with Crippen LogP contribution in [0, 0.1) is 10.1 Å². The Morgan fingerprint density at radius 1 is 1.33 bits per heavy atom. The average molecular weight is 251 g/mol. The van der Waals surface area contributed by atoms with Gasteiger partial charge in [-0.2, -0.15) is 0 Å². The van der Waals surface area contributed by atoms with Gasteiger partial charge >= 0.3 is 0 Å². The molecule has 18 heavy (non-hydrogen) atoms. The van der Waals surface area contributed by atoms with Gasteiger partial charge in [0.15, 0.2) is 5.79 Å². The topological polar surface area (TPSA) is 70.8 Å². The van der Waals surface area contributed by atoms with E-state index >= 15 is 0 Å². The highest BCUT2D eigenvalue weighted by atomic mass is 16.8. The minimum atomic E-state index is -0.699. The lowest BCUT2D eigenvalue weighted by Crippen LogP contribution is -2.38. The lowest BCUT2D eigenvalue weighted by molar-refractivity contribution is -0.384. The number of non-ortho nitro benzene ring substituents is 1. The number of fused-ring (bicyclic) bond motifs is 2. The lowest BCUT2D eigenvalue weighted by atomic mass is 10.0. The Morgan fingerprint density at radius 3 is 2.67 bits per heavy atom. The third-order valence-corrected chi connectivity index (χ3v) is 3.19. The molecule has 3 rings (SSSR count). The maximum atomic E-state index is 10.6. The highest BCUT2D eigenvalue weighted by Crippen LogP contribution is 2.41. The molecular formula is C12H13NO5. The standard InChI is InChI=1S/C12H13NO5/c1-12-7-16-6-10(17-12)11(18-12)8-2-4-9(5-3-8)13(14)15/h2-5,10-11H,6-7H2,1H3/t10-,11-,12-/m0/s1. The molecular weight excluding hydrogens is 238 g/mol. The molecule has 2 bridgehead atoms. The quantitative estimate of drug-likeness (QED) is 0.592. The first-order chi connectivity index (χ1) is 8.57. The first-order valence-electron chi connectivity index (χ1n) is 5.75. The van der Waals surface area contributed by atoms with E-state index in [9.17, 15) is 10.1 Å². The Labute approximate surface area is 104 Å². The first-order valence-corrected chi connectivity index (χ1v) is 5.75. The van der Waals surface area contributed by atoms with Crippen LogP contribution in [0.5, 0.6) is 0 Å². The molecule has 6 nitrogen and oxygen atoms in total. The summed E-state index contributed by atoms with van der Waals surface area (Å²) >= 11 is 0. The number of rotatable bonds is 2. The van der Waals surface area contributed by atoms with Crippen molar-refractivity contribution in [3.8, 4) is 0 Å². The number of nitro groups is 1. The van der Waals surface area contributed by atoms with Crippen LogP contribution in [0.3, 0.4) is 0 Å². The van der Waals surface area contributed by atoms with Crippen LogP contribution in [0.4, 0.5) is 5.69 Å². The summed E-state index contributed by atoms with van der Waals surface area (Å²) in [5, 5.41) is 10.6. The largest absolute Gasteiger partial charge is 0.373 e. The van der Waals surface area contributed by atoms with Gasteiger partial charge in [-0.1, -0.05) is 0 Å². The number of hydrogen-bond donors (Lipinski definition) is 0. The number of nitrogens with zero attached hydrogens (tertiary/aromatic N) is 1. The Hall–Kier alpha value is -1.50. The van der Waals surface area contributed by atoms with E-state index in [-0.39, 0.29) is 17.9 Å². The summed E-state index contributed by atoms with van der Waals surface area (Å²) in [7, 11) is 0. The van der Waals surface area contributed by atoms with Crippen molar-refractivity contribution < 1.29 is 19.1 Å². The molecule has 2 heterocycles. The van der Waals surface area contributed by atoms with E-state index < -0.39 is 10.7 Å². The fourth-order valence-electron chi connectivity index (χ4n) is 2.37. The van der Waals surface area contributed by atoms with E-state index in [1.807, 2.05) is 6.92 Å². The van der Waals surface area contributed by atoms with Crippen molar-refractivity contribution in [3.05, 3.63) is 39.9 Å². The van der Waals surface area contributed by atoms with Crippen LogP contribution in [0.25, 0.3) is 0 Å². The lowest BCUT2D eigenvalue weighted by Gasteiger charge is -2.26. The summed E-state index contributed by atoms with van der Waals surface area (Å²) in [4.78, 5) is 10.2. The molecule has 2 aliphatic heterocycles. The van der Waals surface area contributed by atoms with Gasteiger partial charge in [0, 0.05) is 12.1 Å². The third kappa shape index (κ3) is 1.88. The zero-order chi connectivity index (χ0) is 12.8. The summed E-state index contributed by atoms with van der Waals surface area (Å²) in [6.07, 6.45) is -0.372. The molecule has 0 amide bonds. The zero-order valence-electron chi connectivity index (χ0n) is 9.87. The number of benzene rings is 1. The van der Waals surface area contributed by atoms with Gasteiger partial charge in [0.25, 0.3) is 5.69 Å². The van der Waals surface area contributed by atoms with Crippen molar-refractivity contribution in [2.75, 3.05) is 13.2 Å². The van der Waals surface area contributed by atoms with Crippen LogP contribution in [0.1, 0.15) is 18.6 Å². The molecule has 0 spiro atoms. The normalized spacial score (nSPS) is 34.5. The fourth-order valence-corrected chi connectivity index (χ4v) is 2.37. The van der Waals surface area contributed by atoms with Crippen molar-refractivity contribution >= 4 is 5.69 Å². The molecule has 2 saturated heterocycles. The van der Waals surface area contributed by atoms with Crippen LogP contribution >= 0.6 is 0 Å². The van der Waals surface area contributed by atoms with Crippen molar-refractivity contribution in [3.63, 3.8) is 0 Å². The molecule has 6 heteroatoms. The van der Waals surface area contributed by atoms with Crippen molar-refractivity contribution in [2.24, 2.45) is 0 Å². The fraction of sp³-hybridized carbons (Fsp3) is 0.500. The summed E-state index contributed by atoms with van der Waals surface area (Å²) in [6, 6.07) is 6.36. The molecule has 96 valence electrons. The summed E-state index contributed by atoms with van der Waals surface area (Å²) < 4.78 is 17.0. The van der Waals surface area contributed by atoms with E-state index in [0.717, 1.165) is 5.56 Å². The second-order valence-corrected chi connectivity index (χ2v) is 4.69. The molecule has 1 aromatic carbocycles. The van der Waals surface area contributed by atoms with E-state index in [4.69, 9.17) is 14.2 Å². The van der Waals surface area contributed by atoms with Gasteiger partial charge in [0.1, 0.15) is 18.8 Å².